The maximum absolute atomic E-state index is 12.6. The fourth-order valence-corrected chi connectivity index (χ4v) is 3.70. The van der Waals surface area contributed by atoms with Gasteiger partial charge in [-0.25, -0.2) is 0 Å². The van der Waals surface area contributed by atoms with Crippen LogP contribution in [0.3, 0.4) is 0 Å². The van der Waals surface area contributed by atoms with Crippen molar-refractivity contribution in [2.45, 2.75) is 38.1 Å². The topological polar surface area (TPSA) is 61.9 Å². The zero-order valence-corrected chi connectivity index (χ0v) is 16.8. The summed E-state index contributed by atoms with van der Waals surface area (Å²) in [7, 11) is 1.65. The first kappa shape index (κ1) is 21.5. The predicted molar refractivity (Wildman–Crippen MR) is 107 cm³/mol. The molecule has 2 fully saturated rings. The van der Waals surface area contributed by atoms with Crippen molar-refractivity contribution in [3.05, 3.63) is 29.8 Å². The molecule has 27 heavy (non-hydrogen) atoms. The summed E-state index contributed by atoms with van der Waals surface area (Å²) in [4.78, 5) is 29.0. The number of hydrogen-bond acceptors (Lipinski definition) is 4. The number of methoxy groups -OCH3 is 1. The molecule has 0 spiro atoms. The molecular weight excluding hydrogens is 366 g/mol. The second-order valence-electron chi connectivity index (χ2n) is 7.06. The van der Waals surface area contributed by atoms with E-state index in [0.29, 0.717) is 19.5 Å². The number of carbonyl (C=O) groups is 2. The van der Waals surface area contributed by atoms with E-state index in [2.05, 4.69) is 5.32 Å². The van der Waals surface area contributed by atoms with Crippen molar-refractivity contribution in [3.63, 3.8) is 0 Å². The average molecular weight is 396 g/mol. The monoisotopic (exact) mass is 395 g/mol. The van der Waals surface area contributed by atoms with Gasteiger partial charge in [-0.1, -0.05) is 12.1 Å². The highest BCUT2D eigenvalue weighted by Crippen LogP contribution is 2.15. The lowest BCUT2D eigenvalue weighted by molar-refractivity contribution is -0.134. The summed E-state index contributed by atoms with van der Waals surface area (Å²) < 4.78 is 5.16. The zero-order chi connectivity index (χ0) is 18.4. The SMILES string of the molecule is COc1ccc(CCC(=O)N2CCCN(C(=O)C3CCCN3)CC2)cc1.Cl. The third-order valence-corrected chi connectivity index (χ3v) is 5.31. The van der Waals surface area contributed by atoms with E-state index in [1.54, 1.807) is 7.11 Å². The fraction of sp³-hybridized carbons (Fsp3) is 0.600. The minimum absolute atomic E-state index is 0. The Balaban J connectivity index is 0.00000261. The van der Waals surface area contributed by atoms with Gasteiger partial charge in [0.05, 0.1) is 13.2 Å². The van der Waals surface area contributed by atoms with Crippen molar-refractivity contribution >= 4 is 24.2 Å². The Bertz CT molecular complexity index is 617. The number of rotatable bonds is 5. The molecule has 0 saturated carbocycles. The highest BCUT2D eigenvalue weighted by atomic mass is 35.5. The van der Waals surface area contributed by atoms with Gasteiger partial charge in [-0.2, -0.15) is 0 Å². The van der Waals surface area contributed by atoms with E-state index in [9.17, 15) is 9.59 Å². The van der Waals surface area contributed by atoms with Crippen molar-refractivity contribution in [1.29, 1.82) is 0 Å². The summed E-state index contributed by atoms with van der Waals surface area (Å²) in [5.74, 6) is 1.21. The summed E-state index contributed by atoms with van der Waals surface area (Å²) in [5.41, 5.74) is 1.14. The maximum Gasteiger partial charge on any atom is 0.239 e. The van der Waals surface area contributed by atoms with E-state index in [1.165, 1.54) is 0 Å². The van der Waals surface area contributed by atoms with Gasteiger partial charge in [0.1, 0.15) is 5.75 Å². The molecule has 6 nitrogen and oxygen atoms in total. The summed E-state index contributed by atoms with van der Waals surface area (Å²) >= 11 is 0. The summed E-state index contributed by atoms with van der Waals surface area (Å²) in [6.07, 6.45) is 4.09. The van der Waals surface area contributed by atoms with E-state index in [1.807, 2.05) is 34.1 Å². The molecule has 0 bridgehead atoms. The van der Waals surface area contributed by atoms with Gasteiger partial charge in [0, 0.05) is 32.6 Å². The Hall–Kier alpha value is -1.79. The summed E-state index contributed by atoms with van der Waals surface area (Å²) in [6, 6.07) is 7.83. The molecule has 2 heterocycles. The molecule has 0 radical (unpaired) electrons. The highest BCUT2D eigenvalue weighted by Gasteiger charge is 2.28. The van der Waals surface area contributed by atoms with E-state index in [-0.39, 0.29) is 30.3 Å². The third-order valence-electron chi connectivity index (χ3n) is 5.31. The molecule has 2 saturated heterocycles. The van der Waals surface area contributed by atoms with Gasteiger partial charge in [0.2, 0.25) is 11.8 Å². The molecule has 1 aromatic carbocycles. The number of carbonyl (C=O) groups excluding carboxylic acids is 2. The average Bonchev–Trinajstić information content (AvgIpc) is 3.10. The molecule has 1 unspecified atom stereocenters. The van der Waals surface area contributed by atoms with Crippen LogP contribution in [0.5, 0.6) is 5.75 Å². The number of benzene rings is 1. The van der Waals surface area contributed by atoms with Gasteiger partial charge in [0.15, 0.2) is 0 Å². The molecule has 1 N–H and O–H groups in total. The van der Waals surface area contributed by atoms with E-state index in [0.717, 1.165) is 56.6 Å². The van der Waals surface area contributed by atoms with Crippen LogP contribution in [0.2, 0.25) is 0 Å². The van der Waals surface area contributed by atoms with Crippen LogP contribution < -0.4 is 10.1 Å². The number of nitrogens with one attached hydrogen (secondary N) is 1. The van der Waals surface area contributed by atoms with Crippen LogP contribution in [0.15, 0.2) is 24.3 Å². The lowest BCUT2D eigenvalue weighted by Gasteiger charge is -2.24. The zero-order valence-electron chi connectivity index (χ0n) is 16.0. The van der Waals surface area contributed by atoms with Crippen LogP contribution >= 0.6 is 12.4 Å². The van der Waals surface area contributed by atoms with Crippen LogP contribution in [0.25, 0.3) is 0 Å². The summed E-state index contributed by atoms with van der Waals surface area (Å²) in [6.45, 7) is 3.70. The maximum atomic E-state index is 12.6. The fourth-order valence-electron chi connectivity index (χ4n) is 3.70. The number of ether oxygens (including phenoxy) is 1. The molecule has 0 aliphatic carbocycles. The van der Waals surface area contributed by atoms with Crippen molar-refractivity contribution < 1.29 is 14.3 Å². The molecular formula is C20H30ClN3O3. The van der Waals surface area contributed by atoms with Crippen LogP contribution in [0.4, 0.5) is 0 Å². The predicted octanol–water partition coefficient (Wildman–Crippen LogP) is 1.86. The molecule has 7 heteroatoms. The van der Waals surface area contributed by atoms with Crippen molar-refractivity contribution in [1.82, 2.24) is 15.1 Å². The van der Waals surface area contributed by atoms with Crippen LogP contribution in [-0.2, 0) is 16.0 Å². The first-order chi connectivity index (χ1) is 12.7. The van der Waals surface area contributed by atoms with Gasteiger partial charge >= 0.3 is 0 Å². The third kappa shape index (κ3) is 5.84. The Morgan fingerprint density at radius 3 is 2.44 bits per heavy atom. The number of nitrogens with zero attached hydrogens (tertiary/aromatic N) is 2. The Kier molecular flexibility index (Phi) is 8.38. The van der Waals surface area contributed by atoms with Gasteiger partial charge in [-0.15, -0.1) is 12.4 Å². The summed E-state index contributed by atoms with van der Waals surface area (Å²) in [5, 5.41) is 3.27. The first-order valence-corrected chi connectivity index (χ1v) is 9.60. The van der Waals surface area contributed by atoms with Crippen LogP contribution in [0, 0.1) is 0 Å². The molecule has 2 aliphatic rings. The highest BCUT2D eigenvalue weighted by molar-refractivity contribution is 5.85. The molecule has 0 aromatic heterocycles. The van der Waals surface area contributed by atoms with Crippen LogP contribution in [0.1, 0.15) is 31.2 Å². The minimum atomic E-state index is -0.0210. The van der Waals surface area contributed by atoms with Gasteiger partial charge in [-0.3, -0.25) is 9.59 Å². The Morgan fingerprint density at radius 1 is 1.07 bits per heavy atom. The molecule has 150 valence electrons. The van der Waals surface area contributed by atoms with E-state index in [4.69, 9.17) is 4.74 Å². The van der Waals surface area contributed by atoms with Gasteiger partial charge in [0.25, 0.3) is 0 Å². The standard InChI is InChI=1S/C20H29N3O3.ClH/c1-26-17-8-5-16(6-9-17)7-10-19(24)22-12-3-13-23(15-14-22)20(25)18-4-2-11-21-18;/h5-6,8-9,18,21H,2-4,7,10-15H2,1H3;1H. The molecule has 2 amide bonds. The Labute approximate surface area is 167 Å². The second kappa shape index (κ2) is 10.5. The lowest BCUT2D eigenvalue weighted by Crippen LogP contribution is -2.45. The van der Waals surface area contributed by atoms with Crippen LogP contribution in [-0.4, -0.2) is 67.5 Å². The molecule has 1 atom stereocenters. The van der Waals surface area contributed by atoms with Gasteiger partial charge < -0.3 is 19.9 Å². The lowest BCUT2D eigenvalue weighted by atomic mass is 10.1. The molecule has 2 aliphatic heterocycles. The van der Waals surface area contributed by atoms with Crippen molar-refractivity contribution in [2.24, 2.45) is 0 Å². The largest absolute Gasteiger partial charge is 0.497 e. The number of halogens is 1. The first-order valence-electron chi connectivity index (χ1n) is 9.60. The number of hydrogen-bond donors (Lipinski definition) is 1. The Morgan fingerprint density at radius 2 is 1.78 bits per heavy atom. The van der Waals surface area contributed by atoms with E-state index >= 15 is 0 Å². The number of aryl methyl sites for hydroxylation is 1. The van der Waals surface area contributed by atoms with Crippen molar-refractivity contribution in [2.75, 3.05) is 39.8 Å². The van der Waals surface area contributed by atoms with Crippen molar-refractivity contribution in [3.8, 4) is 5.75 Å². The molecule has 1 aromatic rings. The molecule has 3 rings (SSSR count). The normalized spacial score (nSPS) is 20.0. The van der Waals surface area contributed by atoms with Gasteiger partial charge in [-0.05, 0) is 49.9 Å². The second-order valence-corrected chi connectivity index (χ2v) is 7.06. The minimum Gasteiger partial charge on any atom is -0.497 e. The van der Waals surface area contributed by atoms with E-state index < -0.39 is 0 Å². The quantitative estimate of drug-likeness (QED) is 0.826. The number of amides is 2. The smallest absolute Gasteiger partial charge is 0.239 e.